The van der Waals surface area contributed by atoms with Gasteiger partial charge in [-0.25, -0.2) is 0 Å². The van der Waals surface area contributed by atoms with E-state index in [2.05, 4.69) is 0 Å². The molecule has 1 amide bonds. The van der Waals surface area contributed by atoms with Gasteiger partial charge in [0.2, 0.25) is 0 Å². The number of likely N-dealkylation sites (tertiary alicyclic amines) is 1. The topological polar surface area (TPSA) is 55.8 Å². The molecule has 1 heterocycles. The minimum Gasteiger partial charge on any atom is -0.493 e. The van der Waals surface area contributed by atoms with E-state index in [0.29, 0.717) is 35.6 Å². The Morgan fingerprint density at radius 2 is 1.62 bits per heavy atom. The van der Waals surface area contributed by atoms with Crippen LogP contribution in [-0.2, 0) is 0 Å². The second-order valence-corrected chi connectivity index (χ2v) is 6.46. The molecule has 2 aromatic carbocycles. The highest BCUT2D eigenvalue weighted by Gasteiger charge is 2.35. The summed E-state index contributed by atoms with van der Waals surface area (Å²) >= 11 is 0. The van der Waals surface area contributed by atoms with Gasteiger partial charge in [-0.15, -0.1) is 0 Å². The van der Waals surface area contributed by atoms with Gasteiger partial charge in [0.25, 0.3) is 5.91 Å². The van der Waals surface area contributed by atoms with Crippen molar-refractivity contribution in [1.82, 2.24) is 4.90 Å². The van der Waals surface area contributed by atoms with Gasteiger partial charge in [-0.3, -0.25) is 9.59 Å². The first-order valence-corrected chi connectivity index (χ1v) is 8.69. The Bertz CT molecular complexity index is 813. The molecule has 1 unspecified atom stereocenters. The monoisotopic (exact) mass is 353 g/mol. The van der Waals surface area contributed by atoms with E-state index in [1.165, 1.54) is 7.11 Å². The molecule has 26 heavy (non-hydrogen) atoms. The number of ether oxygens (including phenoxy) is 2. The van der Waals surface area contributed by atoms with Gasteiger partial charge >= 0.3 is 0 Å². The lowest BCUT2D eigenvalue weighted by atomic mass is 10.0. The number of carbonyl (C=O) groups is 2. The molecule has 0 N–H and O–H groups in total. The first-order valence-electron chi connectivity index (χ1n) is 8.69. The second-order valence-electron chi connectivity index (χ2n) is 6.46. The molecule has 5 nitrogen and oxygen atoms in total. The van der Waals surface area contributed by atoms with Crippen molar-refractivity contribution in [2.45, 2.75) is 25.8 Å². The Balaban J connectivity index is 1.84. The Labute approximate surface area is 153 Å². The standard InChI is InChI=1S/C21H23NO4/c1-14-6-8-15(9-7-14)20(23)17-5-4-12-22(17)21(24)16-10-11-18(25-2)19(13-16)26-3/h6-11,13,17H,4-5,12H2,1-3H3. The van der Waals surface area contributed by atoms with Gasteiger partial charge in [-0.05, 0) is 38.0 Å². The van der Waals surface area contributed by atoms with Gasteiger partial charge in [-0.1, -0.05) is 29.8 Å². The van der Waals surface area contributed by atoms with Gasteiger partial charge in [0.15, 0.2) is 17.3 Å². The van der Waals surface area contributed by atoms with E-state index >= 15 is 0 Å². The zero-order valence-corrected chi connectivity index (χ0v) is 15.3. The highest BCUT2D eigenvalue weighted by Crippen LogP contribution is 2.30. The van der Waals surface area contributed by atoms with Crippen molar-refractivity contribution in [3.8, 4) is 11.5 Å². The third-order valence-corrected chi connectivity index (χ3v) is 4.78. The minimum absolute atomic E-state index is 0.00340. The van der Waals surface area contributed by atoms with Crippen molar-refractivity contribution >= 4 is 11.7 Å². The van der Waals surface area contributed by atoms with Crippen LogP contribution >= 0.6 is 0 Å². The molecule has 0 radical (unpaired) electrons. The number of methoxy groups -OCH3 is 2. The average Bonchev–Trinajstić information content (AvgIpc) is 3.16. The van der Waals surface area contributed by atoms with E-state index in [1.807, 2.05) is 31.2 Å². The van der Waals surface area contributed by atoms with Crippen LogP contribution in [0.25, 0.3) is 0 Å². The Kier molecular flexibility index (Phi) is 5.26. The molecule has 2 aromatic rings. The number of hydrogen-bond donors (Lipinski definition) is 0. The summed E-state index contributed by atoms with van der Waals surface area (Å²) in [4.78, 5) is 27.6. The quantitative estimate of drug-likeness (QED) is 0.772. The van der Waals surface area contributed by atoms with E-state index in [1.54, 1.807) is 30.2 Å². The summed E-state index contributed by atoms with van der Waals surface area (Å²) in [5.41, 5.74) is 2.24. The van der Waals surface area contributed by atoms with Crippen LogP contribution in [0.3, 0.4) is 0 Å². The Morgan fingerprint density at radius 1 is 0.962 bits per heavy atom. The number of rotatable bonds is 5. The zero-order chi connectivity index (χ0) is 18.7. The van der Waals surface area contributed by atoms with Crippen LogP contribution in [0, 0.1) is 6.92 Å². The van der Waals surface area contributed by atoms with Crippen molar-refractivity contribution < 1.29 is 19.1 Å². The number of amides is 1. The molecule has 1 aliphatic rings. The van der Waals surface area contributed by atoms with Crippen LogP contribution in [0.2, 0.25) is 0 Å². The maximum Gasteiger partial charge on any atom is 0.254 e. The molecular weight excluding hydrogens is 330 g/mol. The number of nitrogens with zero attached hydrogens (tertiary/aromatic N) is 1. The van der Waals surface area contributed by atoms with Gasteiger partial charge in [0, 0.05) is 17.7 Å². The average molecular weight is 353 g/mol. The molecule has 5 heteroatoms. The molecule has 1 fully saturated rings. The fraction of sp³-hybridized carbons (Fsp3) is 0.333. The van der Waals surface area contributed by atoms with Crippen molar-refractivity contribution in [2.24, 2.45) is 0 Å². The smallest absolute Gasteiger partial charge is 0.254 e. The SMILES string of the molecule is COc1ccc(C(=O)N2CCCC2C(=O)c2ccc(C)cc2)cc1OC. The van der Waals surface area contributed by atoms with Crippen molar-refractivity contribution in [3.05, 3.63) is 59.2 Å². The van der Waals surface area contributed by atoms with E-state index in [9.17, 15) is 9.59 Å². The van der Waals surface area contributed by atoms with Gasteiger partial charge in [0.05, 0.1) is 20.3 Å². The number of aryl methyl sites for hydroxylation is 1. The molecule has 1 aliphatic heterocycles. The summed E-state index contributed by atoms with van der Waals surface area (Å²) in [6, 6.07) is 12.1. The summed E-state index contributed by atoms with van der Waals surface area (Å²) < 4.78 is 10.5. The Hall–Kier alpha value is -2.82. The zero-order valence-electron chi connectivity index (χ0n) is 15.3. The van der Waals surface area contributed by atoms with E-state index in [-0.39, 0.29) is 11.7 Å². The fourth-order valence-corrected chi connectivity index (χ4v) is 3.33. The highest BCUT2D eigenvalue weighted by atomic mass is 16.5. The van der Waals surface area contributed by atoms with Gasteiger partial charge in [-0.2, -0.15) is 0 Å². The third-order valence-electron chi connectivity index (χ3n) is 4.78. The predicted octanol–water partition coefficient (Wildman–Crippen LogP) is 3.50. The predicted molar refractivity (Wildman–Crippen MR) is 99.1 cm³/mol. The van der Waals surface area contributed by atoms with Crippen LogP contribution in [0.15, 0.2) is 42.5 Å². The summed E-state index contributed by atoms with van der Waals surface area (Å²) in [6.45, 7) is 2.56. The van der Waals surface area contributed by atoms with Crippen molar-refractivity contribution in [1.29, 1.82) is 0 Å². The Morgan fingerprint density at radius 3 is 2.27 bits per heavy atom. The van der Waals surface area contributed by atoms with Gasteiger partial charge < -0.3 is 14.4 Å². The van der Waals surface area contributed by atoms with E-state index in [4.69, 9.17) is 9.47 Å². The molecule has 0 spiro atoms. The summed E-state index contributed by atoms with van der Waals surface area (Å²) in [5.74, 6) is 0.905. The van der Waals surface area contributed by atoms with Crippen LogP contribution in [0.5, 0.6) is 11.5 Å². The number of ketones is 1. The van der Waals surface area contributed by atoms with Crippen LogP contribution in [0.1, 0.15) is 39.1 Å². The maximum absolute atomic E-state index is 13.0. The maximum atomic E-state index is 13.0. The summed E-state index contributed by atoms with van der Waals surface area (Å²) in [5, 5.41) is 0. The van der Waals surface area contributed by atoms with Crippen molar-refractivity contribution in [3.63, 3.8) is 0 Å². The molecular formula is C21H23NO4. The van der Waals surface area contributed by atoms with Gasteiger partial charge in [0.1, 0.15) is 0 Å². The normalized spacial score (nSPS) is 16.4. The first-order chi connectivity index (χ1) is 12.5. The summed E-state index contributed by atoms with van der Waals surface area (Å²) in [7, 11) is 3.09. The lowest BCUT2D eigenvalue weighted by Gasteiger charge is -2.24. The number of hydrogen-bond acceptors (Lipinski definition) is 4. The van der Waals surface area contributed by atoms with Crippen LogP contribution in [0.4, 0.5) is 0 Å². The van der Waals surface area contributed by atoms with E-state index in [0.717, 1.165) is 12.0 Å². The van der Waals surface area contributed by atoms with Crippen LogP contribution in [-0.4, -0.2) is 43.4 Å². The number of carbonyl (C=O) groups excluding carboxylic acids is 2. The second kappa shape index (κ2) is 7.60. The molecule has 0 bridgehead atoms. The van der Waals surface area contributed by atoms with Crippen LogP contribution < -0.4 is 9.47 Å². The third kappa shape index (κ3) is 3.43. The van der Waals surface area contributed by atoms with Crippen molar-refractivity contribution in [2.75, 3.05) is 20.8 Å². The lowest BCUT2D eigenvalue weighted by Crippen LogP contribution is -2.40. The molecule has 0 aliphatic carbocycles. The number of benzene rings is 2. The molecule has 1 atom stereocenters. The number of Topliss-reactive ketones (excluding diaryl/α,β-unsaturated/α-hetero) is 1. The lowest BCUT2D eigenvalue weighted by molar-refractivity contribution is 0.0671. The molecule has 3 rings (SSSR count). The van der Waals surface area contributed by atoms with E-state index < -0.39 is 6.04 Å². The molecule has 0 aromatic heterocycles. The highest BCUT2D eigenvalue weighted by molar-refractivity contribution is 6.04. The molecule has 1 saturated heterocycles. The molecule has 0 saturated carbocycles. The fourth-order valence-electron chi connectivity index (χ4n) is 3.33. The molecule has 136 valence electrons. The largest absolute Gasteiger partial charge is 0.493 e. The first kappa shape index (κ1) is 18.0. The summed E-state index contributed by atoms with van der Waals surface area (Å²) in [6.07, 6.45) is 1.51. The minimum atomic E-state index is -0.418.